The van der Waals surface area contributed by atoms with Gasteiger partial charge in [0, 0.05) is 24.7 Å². The van der Waals surface area contributed by atoms with Crippen LogP contribution in [0.5, 0.6) is 5.88 Å². The summed E-state index contributed by atoms with van der Waals surface area (Å²) < 4.78 is 19.6. The van der Waals surface area contributed by atoms with Gasteiger partial charge in [-0.25, -0.2) is 14.4 Å². The first-order chi connectivity index (χ1) is 13.1. The molecule has 27 heavy (non-hydrogen) atoms. The Bertz CT molecular complexity index is 924. The third-order valence-electron chi connectivity index (χ3n) is 3.52. The first-order valence-electron chi connectivity index (χ1n) is 8.09. The molecule has 1 aliphatic rings. The van der Waals surface area contributed by atoms with E-state index in [0.717, 1.165) is 19.5 Å². The molecule has 2 aromatic heterocycles. The van der Waals surface area contributed by atoms with E-state index >= 15 is 0 Å². The molecule has 3 heterocycles. The predicted molar refractivity (Wildman–Crippen MR) is 108 cm³/mol. The van der Waals surface area contributed by atoms with E-state index in [0.29, 0.717) is 22.3 Å². The van der Waals surface area contributed by atoms with E-state index in [1.807, 2.05) is 5.38 Å². The summed E-state index contributed by atoms with van der Waals surface area (Å²) in [7, 11) is 0. The van der Waals surface area contributed by atoms with Crippen molar-refractivity contribution in [3.05, 3.63) is 59.6 Å². The van der Waals surface area contributed by atoms with E-state index in [4.69, 9.17) is 16.3 Å². The molecular formula is C18H17ClFN5OS. The van der Waals surface area contributed by atoms with Crippen molar-refractivity contribution in [3.63, 3.8) is 0 Å². The monoisotopic (exact) mass is 405 g/mol. The number of pyridine rings is 1. The van der Waals surface area contributed by atoms with E-state index < -0.39 is 5.83 Å². The van der Waals surface area contributed by atoms with Gasteiger partial charge in [0.25, 0.3) is 0 Å². The molecule has 6 nitrogen and oxygen atoms in total. The van der Waals surface area contributed by atoms with E-state index in [9.17, 15) is 4.39 Å². The third-order valence-corrected chi connectivity index (χ3v) is 4.44. The molecule has 2 aromatic rings. The average Bonchev–Trinajstić information content (AvgIpc) is 3.14. The number of rotatable bonds is 6. The van der Waals surface area contributed by atoms with Crippen molar-refractivity contribution in [2.45, 2.75) is 6.42 Å². The summed E-state index contributed by atoms with van der Waals surface area (Å²) in [5.41, 5.74) is 1.24. The summed E-state index contributed by atoms with van der Waals surface area (Å²) in [6.45, 7) is 8.55. The molecule has 0 unspecified atom stereocenters. The normalized spacial score (nSPS) is 14.5. The molecule has 0 saturated carbocycles. The molecule has 0 spiro atoms. The van der Waals surface area contributed by atoms with Crippen molar-refractivity contribution in [2.24, 2.45) is 4.99 Å². The Labute approximate surface area is 165 Å². The molecule has 0 aromatic carbocycles. The van der Waals surface area contributed by atoms with Crippen LogP contribution in [0.25, 0.3) is 11.3 Å². The number of hydrogen-bond donors (Lipinski definition) is 2. The van der Waals surface area contributed by atoms with Gasteiger partial charge < -0.3 is 15.4 Å². The molecule has 3 rings (SSSR count). The Kier molecular flexibility index (Phi) is 6.20. The number of anilines is 1. The highest BCUT2D eigenvalue weighted by Gasteiger charge is 2.16. The fourth-order valence-electron chi connectivity index (χ4n) is 2.25. The number of aliphatic imine (C=N–C) groups is 1. The van der Waals surface area contributed by atoms with Gasteiger partial charge in [-0.2, -0.15) is 0 Å². The molecule has 0 amide bonds. The van der Waals surface area contributed by atoms with Crippen LogP contribution in [0.2, 0.25) is 0 Å². The minimum Gasteiger partial charge on any atom is -0.435 e. The SMILES string of the molecule is C=C/C(Oc1ncccc1-c1csc(NC2=NCCCN2)n1)=C(/F)C(=C)Cl. The van der Waals surface area contributed by atoms with E-state index in [1.165, 1.54) is 17.4 Å². The standard InChI is InChI=1S/C18H17ClFN5OS/c1-3-14(15(20)11(2)19)26-16-12(6-4-7-21-16)13-10-27-18(24-13)25-17-22-8-5-9-23-17/h3-4,6-7,10H,1-2,5,8-9H2,(H2,22,23,24,25)/b15-14-. The topological polar surface area (TPSA) is 71.4 Å². The van der Waals surface area contributed by atoms with E-state index in [2.05, 4.69) is 38.8 Å². The minimum absolute atomic E-state index is 0.163. The zero-order valence-corrected chi connectivity index (χ0v) is 15.9. The quantitative estimate of drug-likeness (QED) is 0.548. The van der Waals surface area contributed by atoms with Gasteiger partial charge >= 0.3 is 0 Å². The number of hydrogen-bond acceptors (Lipinski definition) is 7. The van der Waals surface area contributed by atoms with Gasteiger partial charge in [-0.15, -0.1) is 11.3 Å². The molecule has 9 heteroatoms. The zero-order chi connectivity index (χ0) is 19.2. The Hall–Kier alpha value is -2.71. The van der Waals surface area contributed by atoms with Gasteiger partial charge in [0.05, 0.1) is 16.3 Å². The number of thiazole rings is 1. The summed E-state index contributed by atoms with van der Waals surface area (Å²) in [6.07, 6.45) is 3.76. The maximum atomic E-state index is 14.1. The van der Waals surface area contributed by atoms with Crippen molar-refractivity contribution in [1.82, 2.24) is 15.3 Å². The molecule has 140 valence electrons. The molecular weight excluding hydrogens is 389 g/mol. The van der Waals surface area contributed by atoms with E-state index in [-0.39, 0.29) is 16.7 Å². The molecule has 0 radical (unpaired) electrons. The maximum Gasteiger partial charge on any atom is 0.228 e. The van der Waals surface area contributed by atoms with Gasteiger partial charge in [0.2, 0.25) is 5.88 Å². The second kappa shape index (κ2) is 8.79. The van der Waals surface area contributed by atoms with Crippen LogP contribution in [-0.2, 0) is 0 Å². The van der Waals surface area contributed by atoms with Gasteiger partial charge in [-0.1, -0.05) is 24.8 Å². The first kappa shape index (κ1) is 19.1. The average molecular weight is 406 g/mol. The highest BCUT2D eigenvalue weighted by molar-refractivity contribution is 7.14. The lowest BCUT2D eigenvalue weighted by molar-refractivity contribution is 0.405. The molecule has 0 saturated heterocycles. The number of nitrogens with zero attached hydrogens (tertiary/aromatic N) is 3. The van der Waals surface area contributed by atoms with Crippen molar-refractivity contribution in [1.29, 1.82) is 0 Å². The minimum atomic E-state index is -0.801. The molecule has 0 fully saturated rings. The second-order valence-electron chi connectivity index (χ2n) is 5.42. The van der Waals surface area contributed by atoms with Crippen LogP contribution in [-0.4, -0.2) is 29.0 Å². The number of nitrogens with one attached hydrogen (secondary N) is 2. The number of halogens is 2. The summed E-state index contributed by atoms with van der Waals surface area (Å²) in [6, 6.07) is 3.53. The first-order valence-corrected chi connectivity index (χ1v) is 9.35. The molecule has 0 aliphatic carbocycles. The van der Waals surface area contributed by atoms with Crippen molar-refractivity contribution in [3.8, 4) is 17.1 Å². The Morgan fingerprint density at radius 3 is 3.04 bits per heavy atom. The van der Waals surface area contributed by atoms with Crippen LogP contribution in [0.15, 0.2) is 64.6 Å². The van der Waals surface area contributed by atoms with E-state index in [1.54, 1.807) is 18.3 Å². The molecule has 0 atom stereocenters. The fourth-order valence-corrected chi connectivity index (χ4v) is 3.06. The summed E-state index contributed by atoms with van der Waals surface area (Å²) in [5, 5.41) is 8.57. The van der Waals surface area contributed by atoms with Crippen LogP contribution < -0.4 is 15.4 Å². The summed E-state index contributed by atoms with van der Waals surface area (Å²) in [5.74, 6) is -0.0793. The Morgan fingerprint density at radius 1 is 1.48 bits per heavy atom. The lowest BCUT2D eigenvalue weighted by atomic mass is 10.2. The van der Waals surface area contributed by atoms with Gasteiger partial charge in [-0.05, 0) is 24.6 Å². The van der Waals surface area contributed by atoms with Crippen molar-refractivity contribution >= 4 is 34.0 Å². The zero-order valence-electron chi connectivity index (χ0n) is 14.3. The highest BCUT2D eigenvalue weighted by atomic mass is 35.5. The van der Waals surface area contributed by atoms with Gasteiger partial charge in [0.1, 0.15) is 0 Å². The summed E-state index contributed by atoms with van der Waals surface area (Å²) >= 11 is 7.02. The van der Waals surface area contributed by atoms with Crippen LogP contribution in [0.1, 0.15) is 6.42 Å². The number of aromatic nitrogens is 2. The summed E-state index contributed by atoms with van der Waals surface area (Å²) in [4.78, 5) is 13.1. The van der Waals surface area contributed by atoms with Crippen LogP contribution >= 0.6 is 22.9 Å². The lowest BCUT2D eigenvalue weighted by Gasteiger charge is -2.14. The van der Waals surface area contributed by atoms with Crippen LogP contribution in [0.3, 0.4) is 0 Å². The largest absolute Gasteiger partial charge is 0.435 e. The number of ether oxygens (including phenoxy) is 1. The molecule has 0 bridgehead atoms. The molecule has 2 N–H and O–H groups in total. The van der Waals surface area contributed by atoms with Crippen LogP contribution in [0, 0.1) is 0 Å². The van der Waals surface area contributed by atoms with Crippen molar-refractivity contribution in [2.75, 3.05) is 18.4 Å². The fraction of sp³-hybridized carbons (Fsp3) is 0.167. The Morgan fingerprint density at radius 2 is 2.33 bits per heavy atom. The third kappa shape index (κ3) is 4.72. The van der Waals surface area contributed by atoms with Gasteiger partial charge in [-0.3, -0.25) is 4.99 Å². The predicted octanol–water partition coefficient (Wildman–Crippen LogP) is 4.46. The lowest BCUT2D eigenvalue weighted by Crippen LogP contribution is -2.35. The highest BCUT2D eigenvalue weighted by Crippen LogP contribution is 2.32. The number of allylic oxidation sites excluding steroid dienone is 3. The smallest absolute Gasteiger partial charge is 0.228 e. The maximum absolute atomic E-state index is 14.1. The number of guanidine groups is 1. The Balaban J connectivity index is 1.86. The molecule has 1 aliphatic heterocycles. The second-order valence-corrected chi connectivity index (χ2v) is 6.73. The van der Waals surface area contributed by atoms with Crippen LogP contribution in [0.4, 0.5) is 9.52 Å². The van der Waals surface area contributed by atoms with Gasteiger partial charge in [0.15, 0.2) is 22.7 Å². The van der Waals surface area contributed by atoms with Crippen molar-refractivity contribution < 1.29 is 9.13 Å².